The largest absolute Gasteiger partial charge is 0.393 e. The number of aryl methyl sites for hydroxylation is 1. The van der Waals surface area contributed by atoms with Crippen molar-refractivity contribution in [2.75, 3.05) is 50.7 Å². The van der Waals surface area contributed by atoms with Crippen molar-refractivity contribution >= 4 is 17.6 Å². The highest BCUT2D eigenvalue weighted by Gasteiger charge is 2.44. The maximum Gasteiger partial charge on any atom is 0.320 e. The minimum Gasteiger partial charge on any atom is -0.393 e. The first-order valence-corrected chi connectivity index (χ1v) is 12.8. The highest BCUT2D eigenvalue weighted by molar-refractivity contribution is 5.82. The van der Waals surface area contributed by atoms with Crippen LogP contribution in [0.5, 0.6) is 0 Å². The van der Waals surface area contributed by atoms with Crippen LogP contribution >= 0.6 is 0 Å². The Hall–Kier alpha value is -2.28. The minimum absolute atomic E-state index is 0.0584. The number of benzene rings is 1. The van der Waals surface area contributed by atoms with Crippen molar-refractivity contribution in [2.45, 2.75) is 57.6 Å². The number of aliphatic hydroxyl groups excluding tert-OH is 1. The monoisotopic (exact) mass is 454 g/mol. The molecule has 3 heterocycles. The molecule has 0 radical (unpaired) electrons. The molecule has 33 heavy (non-hydrogen) atoms. The van der Waals surface area contributed by atoms with E-state index >= 15 is 0 Å². The van der Waals surface area contributed by atoms with Crippen LogP contribution in [0.25, 0.3) is 0 Å². The zero-order chi connectivity index (χ0) is 22.9. The van der Waals surface area contributed by atoms with E-state index in [-0.39, 0.29) is 30.0 Å². The number of aliphatic hydroxyl groups is 1. The van der Waals surface area contributed by atoms with Gasteiger partial charge >= 0.3 is 6.03 Å². The fraction of sp³-hybridized carbons (Fsp3) is 0.692. The number of hydrogen-bond acceptors (Lipinski definition) is 4. The van der Waals surface area contributed by atoms with Crippen LogP contribution in [-0.4, -0.2) is 89.7 Å². The van der Waals surface area contributed by atoms with Gasteiger partial charge in [0.2, 0.25) is 5.91 Å². The summed E-state index contributed by atoms with van der Waals surface area (Å²) >= 11 is 0. The highest BCUT2D eigenvalue weighted by atomic mass is 16.3. The Bertz CT molecular complexity index is 861. The fourth-order valence-electron chi connectivity index (χ4n) is 6.34. The van der Waals surface area contributed by atoms with Gasteiger partial charge in [-0.1, -0.05) is 12.1 Å². The average Bonchev–Trinajstić information content (AvgIpc) is 2.84. The van der Waals surface area contributed by atoms with E-state index in [4.69, 9.17) is 0 Å². The van der Waals surface area contributed by atoms with Crippen molar-refractivity contribution in [3.63, 3.8) is 0 Å². The smallest absolute Gasteiger partial charge is 0.320 e. The fourth-order valence-corrected chi connectivity index (χ4v) is 6.34. The van der Waals surface area contributed by atoms with Crippen molar-refractivity contribution in [3.05, 3.63) is 29.8 Å². The van der Waals surface area contributed by atoms with E-state index in [1.165, 1.54) is 11.3 Å². The second kappa shape index (κ2) is 9.53. The number of hydrogen-bond donors (Lipinski definition) is 1. The van der Waals surface area contributed by atoms with Crippen molar-refractivity contribution in [1.29, 1.82) is 0 Å². The number of fused-ring (bicyclic) bond motifs is 1. The van der Waals surface area contributed by atoms with Crippen LogP contribution in [0.4, 0.5) is 10.5 Å². The van der Waals surface area contributed by atoms with Crippen LogP contribution in [0.2, 0.25) is 0 Å². The van der Waals surface area contributed by atoms with Gasteiger partial charge in [-0.2, -0.15) is 0 Å². The van der Waals surface area contributed by atoms with Gasteiger partial charge in [0.15, 0.2) is 0 Å². The van der Waals surface area contributed by atoms with Gasteiger partial charge in [0.1, 0.15) is 0 Å². The summed E-state index contributed by atoms with van der Waals surface area (Å²) in [6.07, 6.45) is 5.16. The molecule has 4 fully saturated rings. The lowest BCUT2D eigenvalue weighted by Gasteiger charge is -2.48. The van der Waals surface area contributed by atoms with Gasteiger partial charge in [-0.05, 0) is 69.1 Å². The number of rotatable bonds is 2. The van der Waals surface area contributed by atoms with Crippen molar-refractivity contribution < 1.29 is 14.7 Å². The molecule has 180 valence electrons. The molecule has 2 atom stereocenters. The van der Waals surface area contributed by atoms with Gasteiger partial charge < -0.3 is 24.7 Å². The van der Waals surface area contributed by atoms with Crippen LogP contribution in [0.3, 0.4) is 0 Å². The number of nitrogens with zero attached hydrogens (tertiary/aromatic N) is 4. The van der Waals surface area contributed by atoms with Crippen molar-refractivity contribution in [1.82, 2.24) is 14.7 Å². The van der Waals surface area contributed by atoms with Gasteiger partial charge in [0.05, 0.1) is 12.0 Å². The van der Waals surface area contributed by atoms with E-state index in [0.29, 0.717) is 12.5 Å². The molecule has 7 heteroatoms. The summed E-state index contributed by atoms with van der Waals surface area (Å²) in [4.78, 5) is 35.1. The van der Waals surface area contributed by atoms with E-state index in [9.17, 15) is 14.7 Å². The summed E-state index contributed by atoms with van der Waals surface area (Å²) in [5, 5.41) is 9.84. The predicted molar refractivity (Wildman–Crippen MR) is 128 cm³/mol. The third-order valence-electron chi connectivity index (χ3n) is 8.39. The summed E-state index contributed by atoms with van der Waals surface area (Å²) in [6.45, 7) is 7.41. The summed E-state index contributed by atoms with van der Waals surface area (Å²) in [7, 11) is 0. The Labute approximate surface area is 197 Å². The second-order valence-electron chi connectivity index (χ2n) is 10.5. The van der Waals surface area contributed by atoms with E-state index in [1.54, 1.807) is 0 Å². The minimum atomic E-state index is -0.205. The molecular weight excluding hydrogens is 416 g/mol. The molecule has 1 aromatic carbocycles. The summed E-state index contributed by atoms with van der Waals surface area (Å²) in [5.41, 5.74) is 2.48. The normalized spacial score (nSPS) is 30.9. The molecule has 3 saturated heterocycles. The van der Waals surface area contributed by atoms with Gasteiger partial charge in [-0.3, -0.25) is 4.79 Å². The highest BCUT2D eigenvalue weighted by Crippen LogP contribution is 2.36. The molecule has 0 aromatic heterocycles. The summed E-state index contributed by atoms with van der Waals surface area (Å²) < 4.78 is 0. The average molecular weight is 455 g/mol. The van der Waals surface area contributed by atoms with Crippen LogP contribution in [0, 0.1) is 18.8 Å². The molecule has 1 saturated carbocycles. The molecular formula is C26H38N4O3. The van der Waals surface area contributed by atoms with Crippen LogP contribution in [-0.2, 0) is 4.79 Å². The molecule has 0 bridgehead atoms. The van der Waals surface area contributed by atoms with E-state index in [1.807, 2.05) is 9.80 Å². The van der Waals surface area contributed by atoms with Gasteiger partial charge in [-0.25, -0.2) is 4.79 Å². The van der Waals surface area contributed by atoms with Crippen LogP contribution < -0.4 is 4.90 Å². The Morgan fingerprint density at radius 2 is 1.64 bits per heavy atom. The lowest BCUT2D eigenvalue weighted by molar-refractivity contribution is -0.147. The van der Waals surface area contributed by atoms with E-state index < -0.39 is 0 Å². The maximum absolute atomic E-state index is 13.4. The predicted octanol–water partition coefficient (Wildman–Crippen LogP) is 2.71. The first-order chi connectivity index (χ1) is 16.0. The molecule has 4 aliphatic rings. The molecule has 1 unspecified atom stereocenters. The van der Waals surface area contributed by atoms with E-state index in [2.05, 4.69) is 41.0 Å². The number of piperidine rings is 2. The van der Waals surface area contributed by atoms with Crippen LogP contribution in [0.15, 0.2) is 24.3 Å². The number of piperazine rings is 1. The SMILES string of the molecule is Cc1cccc(N2CCN(C(=O)N3CCC4CCN(C5CCC(O)CC5)C(=O)[C@@H]4C3)CC2)c1. The lowest BCUT2D eigenvalue weighted by atomic mass is 9.78. The summed E-state index contributed by atoms with van der Waals surface area (Å²) in [5.74, 6) is 0.594. The number of anilines is 1. The van der Waals surface area contributed by atoms with Crippen molar-refractivity contribution in [3.8, 4) is 0 Å². The first kappa shape index (κ1) is 22.5. The van der Waals surface area contributed by atoms with Gasteiger partial charge in [0.25, 0.3) is 0 Å². The zero-order valence-corrected chi connectivity index (χ0v) is 19.9. The maximum atomic E-state index is 13.4. The summed E-state index contributed by atoms with van der Waals surface area (Å²) in [6, 6.07) is 8.91. The number of carbonyl (C=O) groups excluding carboxylic acids is 2. The number of urea groups is 1. The molecule has 3 aliphatic heterocycles. The Kier molecular flexibility index (Phi) is 6.50. The topological polar surface area (TPSA) is 67.3 Å². The van der Waals surface area contributed by atoms with Crippen LogP contribution in [0.1, 0.15) is 44.1 Å². The zero-order valence-electron chi connectivity index (χ0n) is 19.9. The standard InChI is InChI=1S/C26H38N4O3/c1-19-3-2-4-22(17-19)27-13-15-28(16-14-27)26(33)29-11-9-20-10-12-30(25(32)24(20)18-29)21-5-7-23(31)8-6-21/h2-4,17,20-21,23-24,31H,5-16,18H2,1H3/t20?,21?,23?,24-/m1/s1. The van der Waals surface area contributed by atoms with E-state index in [0.717, 1.165) is 77.8 Å². The third kappa shape index (κ3) is 4.70. The van der Waals surface area contributed by atoms with Gasteiger partial charge in [-0.15, -0.1) is 0 Å². The molecule has 1 aromatic rings. The molecule has 7 nitrogen and oxygen atoms in total. The molecule has 1 aliphatic carbocycles. The number of amides is 3. The Balaban J connectivity index is 1.17. The third-order valence-corrected chi connectivity index (χ3v) is 8.39. The number of carbonyl (C=O) groups is 2. The quantitative estimate of drug-likeness (QED) is 0.746. The lowest BCUT2D eigenvalue weighted by Crippen LogP contribution is -2.59. The molecule has 0 spiro atoms. The van der Waals surface area contributed by atoms with Crippen molar-refractivity contribution in [2.24, 2.45) is 11.8 Å². The Morgan fingerprint density at radius 3 is 2.36 bits per heavy atom. The van der Waals surface area contributed by atoms with Gasteiger partial charge in [0, 0.05) is 57.5 Å². The molecule has 5 rings (SSSR count). The molecule has 1 N–H and O–H groups in total. The number of likely N-dealkylation sites (tertiary alicyclic amines) is 2. The Morgan fingerprint density at radius 1 is 0.909 bits per heavy atom. The molecule has 3 amide bonds. The second-order valence-corrected chi connectivity index (χ2v) is 10.5. The first-order valence-electron chi connectivity index (χ1n) is 12.8.